The first-order chi connectivity index (χ1) is 5.38. The highest BCUT2D eigenvalue weighted by Gasteiger charge is 2.59. The monoisotopic (exact) mass is 152 g/mol. The third-order valence-corrected chi connectivity index (χ3v) is 3.47. The normalized spacial score (nSPS) is 50.5. The van der Waals surface area contributed by atoms with Crippen LogP contribution in [0.5, 0.6) is 0 Å². The zero-order valence-electron chi connectivity index (χ0n) is 6.92. The van der Waals surface area contributed by atoms with Crippen LogP contribution in [0, 0.1) is 18.1 Å². The van der Waals surface area contributed by atoms with E-state index in [1.165, 1.54) is 31.9 Å². The molecule has 0 aromatic rings. The van der Waals surface area contributed by atoms with E-state index in [1.54, 1.807) is 0 Å². The molecule has 2 heteroatoms. The second-order valence-electron chi connectivity index (χ2n) is 4.01. The van der Waals surface area contributed by atoms with Crippen molar-refractivity contribution in [2.75, 3.05) is 7.05 Å². The van der Waals surface area contributed by atoms with Crippen LogP contribution in [0.15, 0.2) is 0 Å². The maximum Gasteiger partial charge on any atom is 0.172 e. The van der Waals surface area contributed by atoms with Crippen molar-refractivity contribution < 1.29 is 4.74 Å². The first-order valence-electron chi connectivity index (χ1n) is 4.64. The third-order valence-electron chi connectivity index (χ3n) is 3.47. The van der Waals surface area contributed by atoms with E-state index in [0.717, 1.165) is 11.8 Å². The molecule has 0 N–H and O–H groups in total. The molecule has 4 aliphatic rings. The van der Waals surface area contributed by atoms with E-state index in [2.05, 4.69) is 11.9 Å². The molecular weight excluding hydrogens is 138 g/mol. The summed E-state index contributed by atoms with van der Waals surface area (Å²) in [6.07, 6.45) is 7.36. The molecule has 0 aromatic heterocycles. The summed E-state index contributed by atoms with van der Waals surface area (Å²) in [6, 6.07) is 0. The van der Waals surface area contributed by atoms with Gasteiger partial charge in [-0.3, -0.25) is 0 Å². The second-order valence-corrected chi connectivity index (χ2v) is 4.01. The molecule has 3 heterocycles. The lowest BCUT2D eigenvalue weighted by Gasteiger charge is -2.37. The minimum atomic E-state index is 0.468. The average molecular weight is 152 g/mol. The molecule has 1 radical (unpaired) electrons. The summed E-state index contributed by atoms with van der Waals surface area (Å²) < 4.78 is 5.65. The Bertz CT molecular complexity index is 164. The Hall–Kier alpha value is -0.0800. The van der Waals surface area contributed by atoms with Crippen LogP contribution in [0.2, 0.25) is 0 Å². The fourth-order valence-electron chi connectivity index (χ4n) is 2.89. The third kappa shape index (κ3) is 0.651. The lowest BCUT2D eigenvalue weighted by Crippen LogP contribution is -2.44. The predicted octanol–water partition coefficient (Wildman–Crippen LogP) is 1.58. The van der Waals surface area contributed by atoms with Crippen LogP contribution in [0.1, 0.15) is 25.7 Å². The fourth-order valence-corrected chi connectivity index (χ4v) is 2.89. The molecule has 3 saturated heterocycles. The van der Waals surface area contributed by atoms with Crippen LogP contribution >= 0.6 is 0 Å². The van der Waals surface area contributed by atoms with E-state index in [-0.39, 0.29) is 0 Å². The number of hydrogen-bond donors (Lipinski definition) is 0. The van der Waals surface area contributed by atoms with Gasteiger partial charge in [0.05, 0.1) is 0 Å². The van der Waals surface area contributed by atoms with Crippen molar-refractivity contribution in [3.63, 3.8) is 0 Å². The van der Waals surface area contributed by atoms with E-state index in [0.29, 0.717) is 6.23 Å². The minimum Gasteiger partial charge on any atom is -0.337 e. The first kappa shape index (κ1) is 6.44. The van der Waals surface area contributed by atoms with Crippen molar-refractivity contribution in [1.82, 2.24) is 4.90 Å². The average Bonchev–Trinajstić information content (AvgIpc) is 2.54. The largest absolute Gasteiger partial charge is 0.337 e. The molecule has 11 heavy (non-hydrogen) atoms. The lowest BCUT2D eigenvalue weighted by atomic mass is 9.82. The van der Waals surface area contributed by atoms with Gasteiger partial charge in [-0.15, -0.1) is 0 Å². The van der Waals surface area contributed by atoms with Crippen LogP contribution in [0.3, 0.4) is 0 Å². The van der Waals surface area contributed by atoms with Gasteiger partial charge >= 0.3 is 0 Å². The number of hydrogen-bond acceptors (Lipinski definition) is 2. The molecule has 2 bridgehead atoms. The Morgan fingerprint density at radius 1 is 1.36 bits per heavy atom. The van der Waals surface area contributed by atoms with Gasteiger partial charge in [-0.1, -0.05) is 12.8 Å². The molecule has 3 unspecified atom stereocenters. The molecule has 1 saturated carbocycles. The second kappa shape index (κ2) is 1.99. The summed E-state index contributed by atoms with van der Waals surface area (Å²) in [5.41, 5.74) is 0. The topological polar surface area (TPSA) is 12.5 Å². The lowest BCUT2D eigenvalue weighted by molar-refractivity contribution is -0.162. The van der Waals surface area contributed by atoms with Crippen molar-refractivity contribution in [2.24, 2.45) is 11.8 Å². The van der Waals surface area contributed by atoms with Gasteiger partial charge in [0.2, 0.25) is 0 Å². The summed E-state index contributed by atoms with van der Waals surface area (Å²) >= 11 is 0. The zero-order valence-corrected chi connectivity index (χ0v) is 6.92. The van der Waals surface area contributed by atoms with Gasteiger partial charge in [0.1, 0.15) is 6.23 Å². The molecule has 3 atom stereocenters. The summed E-state index contributed by atoms with van der Waals surface area (Å²) in [6.45, 7) is 0. The molecule has 61 valence electrons. The Labute approximate surface area is 67.5 Å². The maximum atomic E-state index is 5.65. The molecule has 2 nitrogen and oxygen atoms in total. The van der Waals surface area contributed by atoms with E-state index in [1.807, 2.05) is 0 Å². The fraction of sp³-hybridized carbons (Fsp3) is 0.889. The number of ether oxygens (including phenoxy) is 1. The van der Waals surface area contributed by atoms with Crippen LogP contribution in [0.25, 0.3) is 0 Å². The van der Waals surface area contributed by atoms with Crippen LogP contribution < -0.4 is 0 Å². The Morgan fingerprint density at radius 3 is 2.91 bits per heavy atom. The molecular formula is C9H14NO. The van der Waals surface area contributed by atoms with E-state index >= 15 is 0 Å². The Kier molecular flexibility index (Phi) is 1.16. The quantitative estimate of drug-likeness (QED) is 0.522. The molecule has 1 aliphatic carbocycles. The van der Waals surface area contributed by atoms with Crippen molar-refractivity contribution >= 4 is 0 Å². The first-order valence-corrected chi connectivity index (χ1v) is 4.64. The molecule has 0 spiro atoms. The van der Waals surface area contributed by atoms with Gasteiger partial charge in [0.15, 0.2) is 6.23 Å². The van der Waals surface area contributed by atoms with Gasteiger partial charge in [-0.05, 0) is 19.9 Å². The molecule has 0 amide bonds. The van der Waals surface area contributed by atoms with Crippen LogP contribution in [-0.2, 0) is 4.74 Å². The SMILES string of the molecule is CN1[C]2OC1C1CCCCC21. The smallest absolute Gasteiger partial charge is 0.172 e. The molecule has 3 aliphatic heterocycles. The summed E-state index contributed by atoms with van der Waals surface area (Å²) in [5, 5.41) is 0. The van der Waals surface area contributed by atoms with Crippen LogP contribution in [-0.4, -0.2) is 18.2 Å². The Morgan fingerprint density at radius 2 is 2.18 bits per heavy atom. The highest BCUT2D eigenvalue weighted by molar-refractivity contribution is 5.10. The predicted molar refractivity (Wildman–Crippen MR) is 41.3 cm³/mol. The highest BCUT2D eigenvalue weighted by atomic mass is 16.6. The molecule has 4 rings (SSSR count). The van der Waals surface area contributed by atoms with Crippen molar-refractivity contribution in [3.8, 4) is 0 Å². The van der Waals surface area contributed by atoms with Crippen molar-refractivity contribution in [2.45, 2.75) is 31.9 Å². The van der Waals surface area contributed by atoms with Gasteiger partial charge < -0.3 is 4.74 Å². The van der Waals surface area contributed by atoms with Gasteiger partial charge in [0.25, 0.3) is 0 Å². The minimum absolute atomic E-state index is 0.468. The highest BCUT2D eigenvalue weighted by Crippen LogP contribution is 2.56. The summed E-state index contributed by atoms with van der Waals surface area (Å²) in [5.74, 6) is 1.66. The van der Waals surface area contributed by atoms with Gasteiger partial charge in [-0.2, -0.15) is 0 Å². The number of nitrogens with zero attached hydrogens (tertiary/aromatic N) is 1. The van der Waals surface area contributed by atoms with Crippen LogP contribution in [0.4, 0.5) is 0 Å². The summed E-state index contributed by atoms with van der Waals surface area (Å²) in [7, 11) is 2.17. The van der Waals surface area contributed by atoms with Gasteiger partial charge in [-0.25, -0.2) is 4.90 Å². The maximum absolute atomic E-state index is 5.65. The Balaban J connectivity index is 1.86. The van der Waals surface area contributed by atoms with Crippen molar-refractivity contribution in [1.29, 1.82) is 0 Å². The van der Waals surface area contributed by atoms with E-state index in [9.17, 15) is 0 Å². The zero-order chi connectivity index (χ0) is 7.42. The standard InChI is InChI=1S/C9H14NO/c1-10-8-6-4-2-3-5-7(6)9(10)11-8/h6-8H,2-5H2,1H3. The van der Waals surface area contributed by atoms with Crippen molar-refractivity contribution in [3.05, 3.63) is 6.23 Å². The molecule has 4 fully saturated rings. The summed E-state index contributed by atoms with van der Waals surface area (Å²) in [4.78, 5) is 2.33. The molecule has 0 aromatic carbocycles. The van der Waals surface area contributed by atoms with Gasteiger partial charge in [0, 0.05) is 11.8 Å². The van der Waals surface area contributed by atoms with E-state index < -0.39 is 0 Å². The number of rotatable bonds is 0. The van der Waals surface area contributed by atoms with E-state index in [4.69, 9.17) is 4.74 Å².